The Labute approximate surface area is 116 Å². The summed E-state index contributed by atoms with van der Waals surface area (Å²) in [6, 6.07) is 7.30. The lowest BCUT2D eigenvalue weighted by molar-refractivity contribution is -0.127. The molecule has 3 N–H and O–H groups in total. The summed E-state index contributed by atoms with van der Waals surface area (Å²) in [6.07, 6.45) is 0.522. The Morgan fingerprint density at radius 2 is 2.17 bits per heavy atom. The van der Waals surface area contributed by atoms with Crippen molar-refractivity contribution in [1.82, 2.24) is 5.32 Å². The van der Waals surface area contributed by atoms with E-state index in [4.69, 9.17) is 17.3 Å². The van der Waals surface area contributed by atoms with E-state index in [0.29, 0.717) is 17.2 Å². The summed E-state index contributed by atoms with van der Waals surface area (Å²) in [5.74, 6) is -0.726. The van der Waals surface area contributed by atoms with Crippen molar-refractivity contribution in [2.24, 2.45) is 11.7 Å². The lowest BCUT2D eigenvalue weighted by Crippen LogP contribution is -2.38. The van der Waals surface area contributed by atoms with Gasteiger partial charge in [0, 0.05) is 10.8 Å². The van der Waals surface area contributed by atoms with E-state index in [1.54, 1.807) is 12.1 Å². The maximum Gasteiger partial charge on any atom is 0.236 e. The molecule has 0 fully saturated rings. The van der Waals surface area contributed by atoms with Crippen LogP contribution in [0.5, 0.6) is 0 Å². The van der Waals surface area contributed by atoms with Crippen molar-refractivity contribution in [2.45, 2.75) is 6.42 Å². The topological polar surface area (TPSA) is 72.2 Å². The van der Waals surface area contributed by atoms with E-state index in [1.165, 1.54) is 0 Å². The van der Waals surface area contributed by atoms with E-state index in [0.717, 1.165) is 5.56 Å². The number of carbonyl (C=O) groups is 2. The zero-order chi connectivity index (χ0) is 13.5. The van der Waals surface area contributed by atoms with Gasteiger partial charge in [0.15, 0.2) is 0 Å². The van der Waals surface area contributed by atoms with E-state index >= 15 is 0 Å². The molecule has 6 heteroatoms. The van der Waals surface area contributed by atoms with Crippen molar-refractivity contribution in [3.63, 3.8) is 0 Å². The highest BCUT2D eigenvalue weighted by Crippen LogP contribution is 2.15. The standard InChI is InChI=1S/C12H15ClN2O2S/c13-10-3-1-2-8(5-10)4-9(7-18)12(17)15-6-11(14)16/h1-3,5,9,18H,4,6-7H2,(H2,14,16)(H,15,17)/t9-/m1/s1. The van der Waals surface area contributed by atoms with E-state index in [-0.39, 0.29) is 18.4 Å². The van der Waals surface area contributed by atoms with Crippen LogP contribution in [0.2, 0.25) is 5.02 Å². The summed E-state index contributed by atoms with van der Waals surface area (Å²) in [6.45, 7) is -0.154. The van der Waals surface area contributed by atoms with Crippen LogP contribution in [0.3, 0.4) is 0 Å². The molecular weight excluding hydrogens is 272 g/mol. The fourth-order valence-electron chi connectivity index (χ4n) is 1.51. The molecule has 0 aliphatic heterocycles. The normalized spacial score (nSPS) is 11.9. The summed E-state index contributed by atoms with van der Waals surface area (Å²) in [5, 5.41) is 3.10. The van der Waals surface area contributed by atoms with Crippen molar-refractivity contribution in [3.8, 4) is 0 Å². The molecule has 18 heavy (non-hydrogen) atoms. The lowest BCUT2D eigenvalue weighted by atomic mass is 10.0. The molecule has 2 amide bonds. The van der Waals surface area contributed by atoms with Crippen molar-refractivity contribution in [3.05, 3.63) is 34.9 Å². The molecule has 0 bridgehead atoms. The van der Waals surface area contributed by atoms with E-state index < -0.39 is 5.91 Å². The number of rotatable bonds is 6. The summed E-state index contributed by atoms with van der Waals surface area (Å²) in [7, 11) is 0. The fraction of sp³-hybridized carbons (Fsp3) is 0.333. The number of nitrogens with two attached hydrogens (primary N) is 1. The number of hydrogen-bond donors (Lipinski definition) is 3. The van der Waals surface area contributed by atoms with Gasteiger partial charge in [-0.05, 0) is 24.1 Å². The first kappa shape index (κ1) is 14.9. The zero-order valence-corrected chi connectivity index (χ0v) is 11.4. The van der Waals surface area contributed by atoms with E-state index in [2.05, 4.69) is 17.9 Å². The molecule has 0 heterocycles. The minimum absolute atomic E-state index is 0.154. The number of nitrogens with one attached hydrogen (secondary N) is 1. The van der Waals surface area contributed by atoms with Gasteiger partial charge in [-0.25, -0.2) is 0 Å². The number of thiol groups is 1. The molecule has 0 aliphatic carbocycles. The average molecular weight is 287 g/mol. The van der Waals surface area contributed by atoms with Gasteiger partial charge in [-0.2, -0.15) is 12.6 Å². The van der Waals surface area contributed by atoms with E-state index in [1.807, 2.05) is 12.1 Å². The molecular formula is C12H15ClN2O2S. The van der Waals surface area contributed by atoms with Crippen LogP contribution in [0, 0.1) is 5.92 Å². The highest BCUT2D eigenvalue weighted by molar-refractivity contribution is 7.80. The van der Waals surface area contributed by atoms with Gasteiger partial charge in [-0.3, -0.25) is 9.59 Å². The predicted molar refractivity (Wildman–Crippen MR) is 74.7 cm³/mol. The maximum absolute atomic E-state index is 11.8. The quantitative estimate of drug-likeness (QED) is 0.684. The SMILES string of the molecule is NC(=O)CNC(=O)[C@@H](CS)Cc1cccc(Cl)c1. The second-order valence-corrected chi connectivity index (χ2v) is 4.70. The van der Waals surface area contributed by atoms with Gasteiger partial charge in [0.1, 0.15) is 0 Å². The first-order valence-corrected chi connectivity index (χ1v) is 6.45. The first-order chi connectivity index (χ1) is 8.52. The van der Waals surface area contributed by atoms with Gasteiger partial charge in [0.05, 0.1) is 12.5 Å². The molecule has 1 aromatic rings. The third-order valence-electron chi connectivity index (χ3n) is 2.40. The Balaban J connectivity index is 2.61. The number of hydrogen-bond acceptors (Lipinski definition) is 3. The maximum atomic E-state index is 11.8. The van der Waals surface area contributed by atoms with Crippen LogP contribution in [-0.2, 0) is 16.0 Å². The number of benzene rings is 1. The van der Waals surface area contributed by atoms with Crippen LogP contribution in [0.1, 0.15) is 5.56 Å². The van der Waals surface area contributed by atoms with Gasteiger partial charge in [0.25, 0.3) is 0 Å². The zero-order valence-electron chi connectivity index (χ0n) is 9.73. The van der Waals surface area contributed by atoms with Crippen molar-refractivity contribution >= 4 is 36.0 Å². The van der Waals surface area contributed by atoms with Crippen molar-refractivity contribution < 1.29 is 9.59 Å². The monoisotopic (exact) mass is 286 g/mol. The van der Waals surface area contributed by atoms with Crippen LogP contribution >= 0.6 is 24.2 Å². The van der Waals surface area contributed by atoms with Gasteiger partial charge in [0.2, 0.25) is 11.8 Å². The molecule has 0 saturated carbocycles. The number of carbonyl (C=O) groups excluding carboxylic acids is 2. The van der Waals surface area contributed by atoms with Gasteiger partial charge in [-0.1, -0.05) is 23.7 Å². The smallest absolute Gasteiger partial charge is 0.236 e. The summed E-state index contributed by atoms with van der Waals surface area (Å²) in [4.78, 5) is 22.4. The van der Waals surface area contributed by atoms with Crippen molar-refractivity contribution in [1.29, 1.82) is 0 Å². The van der Waals surface area contributed by atoms with Gasteiger partial charge < -0.3 is 11.1 Å². The third kappa shape index (κ3) is 4.98. The Morgan fingerprint density at radius 3 is 2.72 bits per heavy atom. The molecule has 0 saturated heterocycles. The average Bonchev–Trinajstić information content (AvgIpc) is 2.33. The Hall–Kier alpha value is -1.20. The van der Waals surface area contributed by atoms with Crippen LogP contribution in [-0.4, -0.2) is 24.1 Å². The number of primary amides is 1. The molecule has 1 rings (SSSR count). The summed E-state index contributed by atoms with van der Waals surface area (Å²) >= 11 is 10.0. The van der Waals surface area contributed by atoms with Gasteiger partial charge >= 0.3 is 0 Å². The van der Waals surface area contributed by atoms with Crippen LogP contribution < -0.4 is 11.1 Å². The molecule has 0 radical (unpaired) electrons. The Bertz CT molecular complexity index is 440. The Kier molecular flexibility index (Phi) is 6.01. The van der Waals surface area contributed by atoms with Crippen LogP contribution in [0.4, 0.5) is 0 Å². The second kappa shape index (κ2) is 7.28. The minimum Gasteiger partial charge on any atom is -0.368 e. The molecule has 4 nitrogen and oxygen atoms in total. The fourth-order valence-corrected chi connectivity index (χ4v) is 2.01. The largest absolute Gasteiger partial charge is 0.368 e. The van der Waals surface area contributed by atoms with Crippen LogP contribution in [0.15, 0.2) is 24.3 Å². The predicted octanol–water partition coefficient (Wildman–Crippen LogP) is 1.03. The highest BCUT2D eigenvalue weighted by atomic mass is 35.5. The highest BCUT2D eigenvalue weighted by Gasteiger charge is 2.17. The number of amides is 2. The molecule has 98 valence electrons. The van der Waals surface area contributed by atoms with Crippen molar-refractivity contribution in [2.75, 3.05) is 12.3 Å². The van der Waals surface area contributed by atoms with Gasteiger partial charge in [-0.15, -0.1) is 0 Å². The Morgan fingerprint density at radius 1 is 1.44 bits per heavy atom. The molecule has 0 spiro atoms. The molecule has 0 aromatic heterocycles. The first-order valence-electron chi connectivity index (χ1n) is 5.44. The summed E-state index contributed by atoms with van der Waals surface area (Å²) < 4.78 is 0. The number of halogens is 1. The molecule has 0 unspecified atom stereocenters. The molecule has 0 aliphatic rings. The second-order valence-electron chi connectivity index (χ2n) is 3.90. The van der Waals surface area contributed by atoms with Crippen LogP contribution in [0.25, 0.3) is 0 Å². The third-order valence-corrected chi connectivity index (χ3v) is 3.08. The molecule has 1 aromatic carbocycles. The lowest BCUT2D eigenvalue weighted by Gasteiger charge is -2.14. The summed E-state index contributed by atoms with van der Waals surface area (Å²) in [5.41, 5.74) is 5.92. The van der Waals surface area contributed by atoms with E-state index in [9.17, 15) is 9.59 Å². The molecule has 1 atom stereocenters. The minimum atomic E-state index is -0.566.